The van der Waals surface area contributed by atoms with E-state index in [4.69, 9.17) is 4.74 Å². The van der Waals surface area contributed by atoms with Crippen molar-refractivity contribution in [2.75, 3.05) is 19.8 Å². The Labute approximate surface area is 125 Å². The van der Waals surface area contributed by atoms with Crippen LogP contribution in [0.2, 0.25) is 0 Å². The van der Waals surface area contributed by atoms with Crippen LogP contribution in [0.25, 0.3) is 0 Å². The maximum absolute atomic E-state index is 9.63. The highest BCUT2D eigenvalue weighted by Crippen LogP contribution is 2.31. The molecule has 2 N–H and O–H groups in total. The zero-order valence-corrected chi connectivity index (χ0v) is 13.6. The van der Waals surface area contributed by atoms with Crippen molar-refractivity contribution in [3.63, 3.8) is 0 Å². The van der Waals surface area contributed by atoms with Crippen molar-refractivity contribution in [2.24, 2.45) is 0 Å². The second-order valence-electron chi connectivity index (χ2n) is 6.37. The second-order valence-corrected chi connectivity index (χ2v) is 6.37. The van der Waals surface area contributed by atoms with Gasteiger partial charge in [-0.1, -0.05) is 46.0 Å². The van der Waals surface area contributed by atoms with Crippen LogP contribution in [0.15, 0.2) is 0 Å². The van der Waals surface area contributed by atoms with Crippen LogP contribution in [-0.2, 0) is 4.74 Å². The molecule has 3 nitrogen and oxygen atoms in total. The van der Waals surface area contributed by atoms with Gasteiger partial charge in [0.1, 0.15) is 0 Å². The number of nitrogens with one attached hydrogen (secondary N) is 1. The third-order valence-electron chi connectivity index (χ3n) is 4.47. The van der Waals surface area contributed by atoms with Crippen molar-refractivity contribution in [3.8, 4) is 0 Å². The molecule has 0 saturated heterocycles. The molecule has 0 aromatic heterocycles. The van der Waals surface area contributed by atoms with Gasteiger partial charge in [0.25, 0.3) is 0 Å². The number of aliphatic hydroxyl groups is 1. The first-order valence-electron chi connectivity index (χ1n) is 8.74. The molecular weight excluding hydrogens is 250 g/mol. The molecule has 2 atom stereocenters. The van der Waals surface area contributed by atoms with Gasteiger partial charge in [-0.3, -0.25) is 0 Å². The number of ether oxygens (including phenoxy) is 1. The fourth-order valence-corrected chi connectivity index (χ4v) is 3.10. The number of aliphatic hydroxyl groups excluding tert-OH is 1. The Morgan fingerprint density at radius 1 is 1.10 bits per heavy atom. The Hall–Kier alpha value is -0.120. The highest BCUT2D eigenvalue weighted by Gasteiger charge is 2.38. The average Bonchev–Trinajstić information content (AvgIpc) is 2.88. The molecule has 0 bridgehead atoms. The van der Waals surface area contributed by atoms with Gasteiger partial charge in [-0.25, -0.2) is 0 Å². The predicted molar refractivity (Wildman–Crippen MR) is 85.1 cm³/mol. The minimum Gasteiger partial charge on any atom is -0.394 e. The minimum absolute atomic E-state index is 0.0677. The average molecular weight is 285 g/mol. The third kappa shape index (κ3) is 6.55. The molecule has 0 amide bonds. The van der Waals surface area contributed by atoms with Gasteiger partial charge < -0.3 is 15.2 Å². The molecule has 0 radical (unpaired) electrons. The summed E-state index contributed by atoms with van der Waals surface area (Å²) in [6, 6.07) is 0. The monoisotopic (exact) mass is 285 g/mol. The van der Waals surface area contributed by atoms with Crippen molar-refractivity contribution < 1.29 is 9.84 Å². The van der Waals surface area contributed by atoms with Gasteiger partial charge in [-0.15, -0.1) is 0 Å². The van der Waals surface area contributed by atoms with Crippen molar-refractivity contribution in [1.82, 2.24) is 5.32 Å². The van der Waals surface area contributed by atoms with Crippen molar-refractivity contribution >= 4 is 0 Å². The van der Waals surface area contributed by atoms with Crippen molar-refractivity contribution in [2.45, 2.75) is 89.7 Å². The SMILES string of the molecule is CCCCCCCCOC1CCC(CO)(NCCC)C1. The van der Waals surface area contributed by atoms with Gasteiger partial charge in [0.05, 0.1) is 12.7 Å². The summed E-state index contributed by atoms with van der Waals surface area (Å²) in [5.74, 6) is 0. The molecule has 20 heavy (non-hydrogen) atoms. The lowest BCUT2D eigenvalue weighted by Gasteiger charge is -2.28. The maximum Gasteiger partial charge on any atom is 0.0614 e. The largest absolute Gasteiger partial charge is 0.394 e. The van der Waals surface area contributed by atoms with E-state index < -0.39 is 0 Å². The van der Waals surface area contributed by atoms with Crippen LogP contribution in [0.4, 0.5) is 0 Å². The molecule has 0 spiro atoms. The number of rotatable bonds is 12. The lowest BCUT2D eigenvalue weighted by atomic mass is 9.98. The molecule has 0 heterocycles. The summed E-state index contributed by atoms with van der Waals surface area (Å²) in [7, 11) is 0. The first kappa shape index (κ1) is 17.9. The van der Waals surface area contributed by atoms with Gasteiger partial charge in [-0.2, -0.15) is 0 Å². The molecular formula is C17H35NO2. The van der Waals surface area contributed by atoms with E-state index in [1.165, 1.54) is 38.5 Å². The van der Waals surface area contributed by atoms with Gasteiger partial charge in [-0.05, 0) is 38.6 Å². The highest BCUT2D eigenvalue weighted by atomic mass is 16.5. The normalized spacial score (nSPS) is 26.2. The second kappa shape index (κ2) is 10.6. The molecule has 3 heteroatoms. The van der Waals surface area contributed by atoms with Gasteiger partial charge in [0.15, 0.2) is 0 Å². The molecule has 2 unspecified atom stereocenters. The summed E-state index contributed by atoms with van der Waals surface area (Å²) in [6.07, 6.45) is 12.5. The predicted octanol–water partition coefficient (Wildman–Crippen LogP) is 3.65. The summed E-state index contributed by atoms with van der Waals surface area (Å²) in [5.41, 5.74) is -0.0677. The van der Waals surface area contributed by atoms with E-state index in [1.54, 1.807) is 0 Å². The van der Waals surface area contributed by atoms with E-state index in [0.29, 0.717) is 6.10 Å². The molecule has 0 aromatic carbocycles. The van der Waals surface area contributed by atoms with E-state index in [1.807, 2.05) is 0 Å². The zero-order valence-electron chi connectivity index (χ0n) is 13.6. The molecule has 120 valence electrons. The standard InChI is InChI=1S/C17H35NO2/c1-3-5-6-7-8-9-13-20-16-10-11-17(14-16,15-19)18-12-4-2/h16,18-19H,3-15H2,1-2H3. The van der Waals surface area contributed by atoms with Crippen LogP contribution >= 0.6 is 0 Å². The van der Waals surface area contributed by atoms with Crippen LogP contribution < -0.4 is 5.32 Å². The summed E-state index contributed by atoms with van der Waals surface area (Å²) in [5, 5.41) is 13.2. The van der Waals surface area contributed by atoms with Crippen LogP contribution in [-0.4, -0.2) is 36.5 Å². The Morgan fingerprint density at radius 2 is 1.85 bits per heavy atom. The number of hydrogen-bond acceptors (Lipinski definition) is 3. The summed E-state index contributed by atoms with van der Waals surface area (Å²) in [6.45, 7) is 6.55. The molecule has 0 aromatic rings. The summed E-state index contributed by atoms with van der Waals surface area (Å²) >= 11 is 0. The quantitative estimate of drug-likeness (QED) is 0.538. The highest BCUT2D eigenvalue weighted by molar-refractivity contribution is 4.96. The van der Waals surface area contributed by atoms with E-state index in [0.717, 1.165) is 38.8 Å². The fourth-order valence-electron chi connectivity index (χ4n) is 3.10. The lowest BCUT2D eigenvalue weighted by molar-refractivity contribution is 0.0444. The van der Waals surface area contributed by atoms with E-state index >= 15 is 0 Å². The van der Waals surface area contributed by atoms with Gasteiger partial charge >= 0.3 is 0 Å². The molecule has 1 saturated carbocycles. The first-order valence-corrected chi connectivity index (χ1v) is 8.74. The van der Waals surface area contributed by atoms with Crippen LogP contribution in [0.5, 0.6) is 0 Å². The molecule has 1 aliphatic rings. The topological polar surface area (TPSA) is 41.5 Å². The van der Waals surface area contributed by atoms with Gasteiger partial charge in [0, 0.05) is 12.1 Å². The van der Waals surface area contributed by atoms with Crippen LogP contribution in [0.1, 0.15) is 78.1 Å². The minimum atomic E-state index is -0.0677. The number of hydrogen-bond donors (Lipinski definition) is 2. The Morgan fingerprint density at radius 3 is 2.55 bits per heavy atom. The van der Waals surface area contributed by atoms with Crippen molar-refractivity contribution in [1.29, 1.82) is 0 Å². The Bertz CT molecular complexity index is 235. The first-order chi connectivity index (χ1) is 9.76. The Balaban J connectivity index is 2.08. The molecule has 1 rings (SSSR count). The maximum atomic E-state index is 9.63. The molecule has 0 aliphatic heterocycles. The van der Waals surface area contributed by atoms with Gasteiger partial charge in [0.2, 0.25) is 0 Å². The lowest BCUT2D eigenvalue weighted by Crippen LogP contribution is -2.47. The number of unbranched alkanes of at least 4 members (excludes halogenated alkanes) is 5. The third-order valence-corrected chi connectivity index (χ3v) is 4.47. The smallest absolute Gasteiger partial charge is 0.0614 e. The van der Waals surface area contributed by atoms with E-state index in [2.05, 4.69) is 19.2 Å². The fraction of sp³-hybridized carbons (Fsp3) is 1.00. The zero-order chi connectivity index (χ0) is 14.7. The van der Waals surface area contributed by atoms with Crippen molar-refractivity contribution in [3.05, 3.63) is 0 Å². The van der Waals surface area contributed by atoms with Crippen LogP contribution in [0, 0.1) is 0 Å². The Kier molecular flexibility index (Phi) is 9.49. The van der Waals surface area contributed by atoms with E-state index in [-0.39, 0.29) is 12.1 Å². The summed E-state index contributed by atoms with van der Waals surface area (Å²) < 4.78 is 6.00. The molecule has 1 fully saturated rings. The molecule has 1 aliphatic carbocycles. The summed E-state index contributed by atoms with van der Waals surface area (Å²) in [4.78, 5) is 0. The van der Waals surface area contributed by atoms with E-state index in [9.17, 15) is 5.11 Å². The van der Waals surface area contributed by atoms with Crippen LogP contribution in [0.3, 0.4) is 0 Å².